The van der Waals surface area contributed by atoms with E-state index in [1.165, 1.54) is 4.52 Å². The van der Waals surface area contributed by atoms with Gasteiger partial charge < -0.3 is 10.0 Å². The molecule has 4 rings (SSSR count). The Morgan fingerprint density at radius 2 is 2.00 bits per heavy atom. The maximum Gasteiger partial charge on any atom is 0.364 e. The van der Waals surface area contributed by atoms with Gasteiger partial charge in [-0.3, -0.25) is 0 Å². The highest BCUT2D eigenvalue weighted by Crippen LogP contribution is 2.38. The predicted molar refractivity (Wildman–Crippen MR) is 68.1 cm³/mol. The Kier molecular flexibility index (Phi) is 2.20. The fraction of sp³-hybridized carbons (Fsp3) is 0.583. The highest BCUT2D eigenvalue weighted by Gasteiger charge is 2.40. The van der Waals surface area contributed by atoms with Crippen molar-refractivity contribution in [1.82, 2.24) is 19.8 Å². The molecule has 0 amide bonds. The van der Waals surface area contributed by atoms with Crippen LogP contribution in [0.15, 0.2) is 16.9 Å². The molecule has 0 radical (unpaired) electrons. The van der Waals surface area contributed by atoms with Gasteiger partial charge in [0, 0.05) is 12.1 Å². The number of hydrogen-bond donors (Lipinski definition) is 2. The molecule has 2 atom stereocenters. The van der Waals surface area contributed by atoms with Gasteiger partial charge >= 0.3 is 5.69 Å². The summed E-state index contributed by atoms with van der Waals surface area (Å²) in [4.78, 5) is 13.8. The molecule has 2 aromatic rings. The molecule has 7 heteroatoms. The summed E-state index contributed by atoms with van der Waals surface area (Å²) in [7, 11) is 0. The molecular formula is C12H15N5O2. The Morgan fingerprint density at radius 1 is 1.26 bits per heavy atom. The van der Waals surface area contributed by atoms with Gasteiger partial charge in [0.1, 0.15) is 5.82 Å². The fourth-order valence-corrected chi connectivity index (χ4v) is 3.45. The average Bonchev–Trinajstić information content (AvgIpc) is 2.89. The van der Waals surface area contributed by atoms with Gasteiger partial charge in [-0.05, 0) is 37.8 Å². The van der Waals surface area contributed by atoms with Crippen LogP contribution in [0.5, 0.6) is 0 Å². The first-order chi connectivity index (χ1) is 9.22. The lowest BCUT2D eigenvalue weighted by Gasteiger charge is -2.37. The first-order valence-corrected chi connectivity index (χ1v) is 6.63. The van der Waals surface area contributed by atoms with Crippen molar-refractivity contribution in [3.05, 3.63) is 22.6 Å². The molecule has 7 nitrogen and oxygen atoms in total. The van der Waals surface area contributed by atoms with Crippen LogP contribution in [0.4, 0.5) is 5.82 Å². The SMILES string of the molecule is O=c1[nH]nc2ccc(N3C4CCC3CC(O)C4)nn12. The number of anilines is 1. The number of nitrogens with one attached hydrogen (secondary N) is 1. The fourth-order valence-electron chi connectivity index (χ4n) is 3.45. The highest BCUT2D eigenvalue weighted by atomic mass is 16.3. The lowest BCUT2D eigenvalue weighted by Crippen LogP contribution is -2.45. The van der Waals surface area contributed by atoms with Gasteiger partial charge in [-0.1, -0.05) is 0 Å². The summed E-state index contributed by atoms with van der Waals surface area (Å²) in [5.41, 5.74) is 0.208. The third-order valence-corrected chi connectivity index (χ3v) is 4.23. The molecule has 2 saturated heterocycles. The second kappa shape index (κ2) is 3.80. The summed E-state index contributed by atoms with van der Waals surface area (Å²) < 4.78 is 1.29. The second-order valence-corrected chi connectivity index (χ2v) is 5.41. The molecule has 0 saturated carbocycles. The zero-order valence-electron chi connectivity index (χ0n) is 10.4. The Hall–Kier alpha value is -1.89. The third kappa shape index (κ3) is 1.58. The van der Waals surface area contributed by atoms with E-state index in [9.17, 15) is 9.90 Å². The van der Waals surface area contributed by atoms with E-state index >= 15 is 0 Å². The first-order valence-electron chi connectivity index (χ1n) is 6.63. The van der Waals surface area contributed by atoms with Gasteiger partial charge in [-0.25, -0.2) is 9.89 Å². The Morgan fingerprint density at radius 3 is 2.74 bits per heavy atom. The van der Waals surface area contributed by atoms with Gasteiger partial charge in [0.2, 0.25) is 0 Å². The molecule has 4 heterocycles. The molecule has 2 N–H and O–H groups in total. The summed E-state index contributed by atoms with van der Waals surface area (Å²) in [6.07, 6.45) is 3.55. The van der Waals surface area contributed by atoms with Crippen LogP contribution in [0, 0.1) is 0 Å². The molecule has 2 aliphatic heterocycles. The van der Waals surface area contributed by atoms with Gasteiger partial charge in [0.15, 0.2) is 5.65 Å². The second-order valence-electron chi connectivity index (χ2n) is 5.41. The topological polar surface area (TPSA) is 86.5 Å². The zero-order valence-corrected chi connectivity index (χ0v) is 10.4. The highest BCUT2D eigenvalue weighted by molar-refractivity contribution is 5.48. The van der Waals surface area contributed by atoms with E-state index in [0.29, 0.717) is 17.7 Å². The Labute approximate surface area is 108 Å². The van der Waals surface area contributed by atoms with Crippen molar-refractivity contribution in [2.45, 2.75) is 43.9 Å². The van der Waals surface area contributed by atoms with Crippen LogP contribution >= 0.6 is 0 Å². The van der Waals surface area contributed by atoms with E-state index in [1.807, 2.05) is 6.07 Å². The van der Waals surface area contributed by atoms with Crippen molar-refractivity contribution in [3.63, 3.8) is 0 Å². The summed E-state index contributed by atoms with van der Waals surface area (Å²) in [6.45, 7) is 0. The van der Waals surface area contributed by atoms with Gasteiger partial charge in [0.05, 0.1) is 6.10 Å². The number of aromatic amines is 1. The minimum Gasteiger partial charge on any atom is -0.393 e. The maximum atomic E-state index is 11.6. The van der Waals surface area contributed by atoms with Crippen LogP contribution < -0.4 is 10.6 Å². The van der Waals surface area contributed by atoms with Crippen LogP contribution in [0.2, 0.25) is 0 Å². The standard InChI is InChI=1S/C12H15N5O2/c18-9-5-7-1-2-8(6-9)16(7)11-4-3-10-13-14-12(19)17(10)15-11/h3-4,7-9,18H,1-2,5-6H2,(H,14,19). The van der Waals surface area contributed by atoms with Crippen molar-refractivity contribution in [3.8, 4) is 0 Å². The maximum absolute atomic E-state index is 11.6. The molecular weight excluding hydrogens is 246 g/mol. The molecule has 0 aliphatic carbocycles. The van der Waals surface area contributed by atoms with Crippen LogP contribution in [0.1, 0.15) is 25.7 Å². The largest absolute Gasteiger partial charge is 0.393 e. The molecule has 2 bridgehead atoms. The summed E-state index contributed by atoms with van der Waals surface area (Å²) in [5.74, 6) is 0.801. The first kappa shape index (κ1) is 11.0. The van der Waals surface area contributed by atoms with Crippen LogP contribution in [0.25, 0.3) is 5.65 Å². The number of aromatic nitrogens is 4. The molecule has 0 aromatic carbocycles. The molecule has 2 aliphatic rings. The molecule has 0 spiro atoms. The van der Waals surface area contributed by atoms with E-state index in [1.54, 1.807) is 6.07 Å². The number of rotatable bonds is 1. The summed E-state index contributed by atoms with van der Waals surface area (Å²) in [6, 6.07) is 4.37. The van der Waals surface area contributed by atoms with Gasteiger partial charge in [-0.2, -0.15) is 9.61 Å². The normalized spacial score (nSPS) is 30.2. The smallest absolute Gasteiger partial charge is 0.364 e. The number of aliphatic hydroxyl groups is 1. The van der Waals surface area contributed by atoms with Crippen molar-refractivity contribution in [2.75, 3.05) is 4.90 Å². The number of H-pyrrole nitrogens is 1. The minimum atomic E-state index is -0.318. The molecule has 2 unspecified atom stereocenters. The number of fused-ring (bicyclic) bond motifs is 3. The van der Waals surface area contributed by atoms with Crippen LogP contribution in [-0.2, 0) is 0 Å². The quantitative estimate of drug-likeness (QED) is 0.749. The number of piperidine rings is 1. The molecule has 2 fully saturated rings. The van der Waals surface area contributed by atoms with E-state index in [2.05, 4.69) is 20.2 Å². The Bertz CT molecular complexity index is 664. The van der Waals surface area contributed by atoms with Crippen LogP contribution in [-0.4, -0.2) is 43.1 Å². The number of aliphatic hydroxyl groups excluding tert-OH is 1. The minimum absolute atomic E-state index is 0.200. The van der Waals surface area contributed by atoms with Gasteiger partial charge in [-0.15, -0.1) is 5.10 Å². The van der Waals surface area contributed by atoms with E-state index in [4.69, 9.17) is 0 Å². The van der Waals surface area contributed by atoms with Crippen molar-refractivity contribution >= 4 is 11.5 Å². The number of hydrogen-bond acceptors (Lipinski definition) is 5. The van der Waals surface area contributed by atoms with Gasteiger partial charge in [0.25, 0.3) is 0 Å². The molecule has 2 aromatic heterocycles. The van der Waals surface area contributed by atoms with Crippen molar-refractivity contribution in [1.29, 1.82) is 0 Å². The lowest BCUT2D eigenvalue weighted by molar-refractivity contribution is 0.126. The van der Waals surface area contributed by atoms with E-state index in [0.717, 1.165) is 31.5 Å². The summed E-state index contributed by atoms with van der Waals surface area (Å²) in [5, 5.41) is 20.5. The van der Waals surface area contributed by atoms with E-state index in [-0.39, 0.29) is 11.8 Å². The Balaban J connectivity index is 1.78. The monoisotopic (exact) mass is 261 g/mol. The van der Waals surface area contributed by atoms with Crippen LogP contribution in [0.3, 0.4) is 0 Å². The molecule has 19 heavy (non-hydrogen) atoms. The van der Waals surface area contributed by atoms with Crippen molar-refractivity contribution in [2.24, 2.45) is 0 Å². The van der Waals surface area contributed by atoms with Crippen molar-refractivity contribution < 1.29 is 5.11 Å². The molecule has 100 valence electrons. The average molecular weight is 261 g/mol. The zero-order chi connectivity index (χ0) is 13.0. The predicted octanol–water partition coefficient (Wildman–Crippen LogP) is -0.0903. The summed E-state index contributed by atoms with van der Waals surface area (Å²) >= 11 is 0. The third-order valence-electron chi connectivity index (χ3n) is 4.23. The van der Waals surface area contributed by atoms with E-state index < -0.39 is 0 Å². The lowest BCUT2D eigenvalue weighted by atomic mass is 10.00. The number of nitrogens with zero attached hydrogens (tertiary/aromatic N) is 4.